The number of halogens is 7. The number of amides is 3. The summed E-state index contributed by atoms with van der Waals surface area (Å²) in [4.78, 5) is 24.0. The molecule has 0 aliphatic rings. The van der Waals surface area contributed by atoms with Crippen molar-refractivity contribution in [2.24, 2.45) is 0 Å². The predicted octanol–water partition coefficient (Wildman–Crippen LogP) is 6.92. The molecule has 0 heterocycles. The second-order valence-corrected chi connectivity index (χ2v) is 7.21. The number of urea groups is 1. The third kappa shape index (κ3) is 6.49. The molecule has 0 radical (unpaired) electrons. The molecule has 0 spiro atoms. The van der Waals surface area contributed by atoms with Crippen LogP contribution in [0.2, 0.25) is 10.0 Å². The van der Waals surface area contributed by atoms with Gasteiger partial charge in [-0.05, 0) is 48.5 Å². The summed E-state index contributed by atoms with van der Waals surface area (Å²) in [5, 5.41) is 3.77. The second kappa shape index (κ2) is 10.1. The maximum Gasteiger partial charge on any atom is 0.573 e. The minimum atomic E-state index is -4.85. The van der Waals surface area contributed by atoms with Gasteiger partial charge in [0.05, 0.1) is 10.0 Å². The number of hydrogen-bond acceptors (Lipinski definition) is 4. The van der Waals surface area contributed by atoms with Crippen LogP contribution in [-0.2, 0) is 0 Å². The van der Waals surface area contributed by atoms with Crippen LogP contribution < -0.4 is 20.1 Å². The highest BCUT2D eigenvalue weighted by Gasteiger charge is 2.31. The van der Waals surface area contributed by atoms with E-state index in [1.807, 2.05) is 0 Å². The van der Waals surface area contributed by atoms with Crippen LogP contribution in [-0.4, -0.2) is 18.3 Å². The maximum atomic E-state index is 13.7. The number of anilines is 1. The van der Waals surface area contributed by atoms with Crippen LogP contribution in [0.25, 0.3) is 0 Å². The summed E-state index contributed by atoms with van der Waals surface area (Å²) in [5.41, 5.74) is -0.945. The molecular weight excluding hydrogens is 510 g/mol. The summed E-state index contributed by atoms with van der Waals surface area (Å²) in [5.74, 6) is -4.10. The van der Waals surface area contributed by atoms with Crippen LogP contribution in [0, 0.1) is 11.6 Å². The molecule has 3 aromatic rings. The molecule has 178 valence electrons. The zero-order chi connectivity index (χ0) is 25.0. The Morgan fingerprint density at radius 3 is 1.91 bits per heavy atom. The number of benzene rings is 3. The van der Waals surface area contributed by atoms with E-state index in [-0.39, 0.29) is 27.2 Å². The van der Waals surface area contributed by atoms with Crippen molar-refractivity contribution in [2.45, 2.75) is 6.36 Å². The van der Waals surface area contributed by atoms with Crippen LogP contribution in [0.3, 0.4) is 0 Å². The zero-order valence-electron chi connectivity index (χ0n) is 16.5. The Balaban J connectivity index is 1.68. The highest BCUT2D eigenvalue weighted by Crippen LogP contribution is 2.39. The number of carbonyl (C=O) groups excluding carboxylic acids is 2. The van der Waals surface area contributed by atoms with Gasteiger partial charge >= 0.3 is 12.4 Å². The fraction of sp³-hybridized carbons (Fsp3) is 0.0476. The van der Waals surface area contributed by atoms with Gasteiger partial charge < -0.3 is 14.8 Å². The molecule has 0 saturated heterocycles. The van der Waals surface area contributed by atoms with Crippen LogP contribution >= 0.6 is 23.2 Å². The molecule has 0 aliphatic carbocycles. The van der Waals surface area contributed by atoms with Gasteiger partial charge in [0, 0.05) is 5.69 Å². The number of rotatable bonds is 5. The van der Waals surface area contributed by atoms with Crippen molar-refractivity contribution in [3.8, 4) is 17.2 Å². The first kappa shape index (κ1) is 25.1. The molecule has 0 atom stereocenters. The van der Waals surface area contributed by atoms with Gasteiger partial charge in [0.2, 0.25) is 0 Å². The SMILES string of the molecule is O=C(NC(=O)c1c(F)cccc1F)Nc1cc(Cl)c(Oc2ccc(OC(F)(F)F)cc2)c(Cl)c1. The molecule has 3 aromatic carbocycles. The Morgan fingerprint density at radius 1 is 0.853 bits per heavy atom. The van der Waals surface area contributed by atoms with E-state index in [2.05, 4.69) is 10.1 Å². The lowest BCUT2D eigenvalue weighted by Crippen LogP contribution is -2.35. The normalized spacial score (nSPS) is 11.0. The summed E-state index contributed by atoms with van der Waals surface area (Å²) < 4.78 is 73.3. The zero-order valence-corrected chi connectivity index (χ0v) is 18.0. The first-order valence-corrected chi connectivity index (χ1v) is 9.77. The first-order valence-electron chi connectivity index (χ1n) is 9.02. The van der Waals surface area contributed by atoms with Crippen molar-refractivity contribution in [1.82, 2.24) is 5.32 Å². The van der Waals surface area contributed by atoms with Crippen molar-refractivity contribution in [2.75, 3.05) is 5.32 Å². The molecule has 3 amide bonds. The highest BCUT2D eigenvalue weighted by molar-refractivity contribution is 6.37. The van der Waals surface area contributed by atoms with E-state index < -0.39 is 41.2 Å². The third-order valence-corrected chi connectivity index (χ3v) is 4.51. The van der Waals surface area contributed by atoms with Gasteiger partial charge in [-0.3, -0.25) is 10.1 Å². The quantitative estimate of drug-likeness (QED) is 0.358. The largest absolute Gasteiger partial charge is 0.573 e. The summed E-state index contributed by atoms with van der Waals surface area (Å²) in [6.45, 7) is 0. The molecule has 6 nitrogen and oxygen atoms in total. The smallest absolute Gasteiger partial charge is 0.454 e. The molecule has 34 heavy (non-hydrogen) atoms. The Morgan fingerprint density at radius 2 is 1.38 bits per heavy atom. The standard InChI is InChI=1S/C21H11Cl2F5N2O4/c22-13-8-10(29-20(32)30-19(31)17-15(24)2-1-3-16(17)25)9-14(23)18(13)33-11-4-6-12(7-5-11)34-21(26,27)28/h1-9H,(H2,29,30,31,32). The molecule has 2 N–H and O–H groups in total. The van der Waals surface area contributed by atoms with Crippen LogP contribution in [0.1, 0.15) is 10.4 Å². The first-order chi connectivity index (χ1) is 15.9. The number of ether oxygens (including phenoxy) is 2. The third-order valence-electron chi connectivity index (χ3n) is 3.95. The minimum Gasteiger partial charge on any atom is -0.454 e. The van der Waals surface area contributed by atoms with Gasteiger partial charge in [-0.1, -0.05) is 29.3 Å². The Hall–Kier alpha value is -3.57. The average molecular weight is 521 g/mol. The second-order valence-electron chi connectivity index (χ2n) is 6.40. The Kier molecular flexibility index (Phi) is 7.48. The molecule has 13 heteroatoms. The van der Waals surface area contributed by atoms with Crippen LogP contribution in [0.5, 0.6) is 17.2 Å². The lowest BCUT2D eigenvalue weighted by atomic mass is 10.2. The van der Waals surface area contributed by atoms with E-state index >= 15 is 0 Å². The number of hydrogen-bond donors (Lipinski definition) is 2. The monoisotopic (exact) mass is 520 g/mol. The predicted molar refractivity (Wildman–Crippen MR) is 113 cm³/mol. The summed E-state index contributed by atoms with van der Waals surface area (Å²) >= 11 is 12.2. The fourth-order valence-electron chi connectivity index (χ4n) is 2.60. The molecular formula is C21H11Cl2F5N2O4. The minimum absolute atomic E-state index is 0.00409. The number of nitrogens with one attached hydrogen (secondary N) is 2. The molecule has 0 fully saturated rings. The number of imide groups is 1. The molecule has 0 saturated carbocycles. The average Bonchev–Trinajstić information content (AvgIpc) is 2.70. The van der Waals surface area contributed by atoms with E-state index in [0.29, 0.717) is 0 Å². The Labute approximate surface area is 198 Å². The van der Waals surface area contributed by atoms with Crippen molar-refractivity contribution >= 4 is 40.8 Å². The Bertz CT molecular complexity index is 1190. The van der Waals surface area contributed by atoms with E-state index in [4.69, 9.17) is 27.9 Å². The van der Waals surface area contributed by atoms with Crippen LogP contribution in [0.15, 0.2) is 54.6 Å². The van der Waals surface area contributed by atoms with Crippen LogP contribution in [0.4, 0.5) is 32.4 Å². The number of alkyl halides is 3. The highest BCUT2D eigenvalue weighted by atomic mass is 35.5. The summed E-state index contributed by atoms with van der Waals surface area (Å²) in [6, 6.07) is 8.40. The van der Waals surface area contributed by atoms with Gasteiger partial charge in [-0.15, -0.1) is 13.2 Å². The van der Waals surface area contributed by atoms with Gasteiger partial charge in [0.1, 0.15) is 28.7 Å². The summed E-state index contributed by atoms with van der Waals surface area (Å²) in [7, 11) is 0. The topological polar surface area (TPSA) is 76.7 Å². The molecule has 3 rings (SSSR count). The van der Waals surface area contributed by atoms with Gasteiger partial charge in [0.25, 0.3) is 5.91 Å². The fourth-order valence-corrected chi connectivity index (χ4v) is 3.16. The van der Waals surface area contributed by atoms with Crippen molar-refractivity contribution in [3.05, 3.63) is 81.8 Å². The van der Waals surface area contributed by atoms with Gasteiger partial charge in [0.15, 0.2) is 5.75 Å². The summed E-state index contributed by atoms with van der Waals surface area (Å²) in [6.07, 6.45) is -4.85. The van der Waals surface area contributed by atoms with E-state index in [1.165, 1.54) is 24.3 Å². The molecule has 0 unspecified atom stereocenters. The van der Waals surface area contributed by atoms with Crippen molar-refractivity contribution < 1.29 is 41.0 Å². The van der Waals surface area contributed by atoms with E-state index in [9.17, 15) is 31.5 Å². The lowest BCUT2D eigenvalue weighted by Gasteiger charge is -2.13. The molecule has 0 aromatic heterocycles. The lowest BCUT2D eigenvalue weighted by molar-refractivity contribution is -0.274. The van der Waals surface area contributed by atoms with Gasteiger partial charge in [-0.2, -0.15) is 0 Å². The molecule has 0 aliphatic heterocycles. The van der Waals surface area contributed by atoms with Gasteiger partial charge in [-0.25, -0.2) is 13.6 Å². The van der Waals surface area contributed by atoms with Crippen molar-refractivity contribution in [1.29, 1.82) is 0 Å². The van der Waals surface area contributed by atoms with Crippen molar-refractivity contribution in [3.63, 3.8) is 0 Å². The number of carbonyl (C=O) groups is 2. The van der Waals surface area contributed by atoms with E-state index in [1.54, 1.807) is 5.32 Å². The maximum absolute atomic E-state index is 13.7. The van der Waals surface area contributed by atoms with E-state index in [0.717, 1.165) is 30.3 Å². The molecule has 0 bridgehead atoms.